The number of nitrogens with zero attached hydrogens (tertiary/aromatic N) is 3. The monoisotopic (exact) mass is 319 g/mol. The van der Waals surface area contributed by atoms with E-state index in [-0.39, 0.29) is 11.2 Å². The van der Waals surface area contributed by atoms with E-state index in [0.717, 1.165) is 32.4 Å². The Bertz CT molecular complexity index is 479. The highest BCUT2D eigenvalue weighted by Crippen LogP contribution is 2.40. The van der Waals surface area contributed by atoms with Crippen molar-refractivity contribution >= 4 is 0 Å². The van der Waals surface area contributed by atoms with Crippen molar-refractivity contribution in [3.63, 3.8) is 0 Å². The van der Waals surface area contributed by atoms with Gasteiger partial charge in [-0.1, -0.05) is 6.07 Å². The second-order valence-corrected chi connectivity index (χ2v) is 7.92. The van der Waals surface area contributed by atoms with Gasteiger partial charge >= 0.3 is 0 Å². The molecule has 1 aromatic rings. The average molecular weight is 319 g/mol. The van der Waals surface area contributed by atoms with E-state index in [1.807, 2.05) is 18.5 Å². The molecule has 0 aliphatic carbocycles. The predicted molar refractivity (Wildman–Crippen MR) is 95.6 cm³/mol. The molecule has 0 aromatic carbocycles. The number of rotatable bonds is 6. The molecule has 2 heterocycles. The van der Waals surface area contributed by atoms with E-state index in [1.165, 1.54) is 5.56 Å². The third-order valence-corrected chi connectivity index (χ3v) is 5.12. The van der Waals surface area contributed by atoms with Gasteiger partial charge in [0.15, 0.2) is 0 Å². The molecule has 1 unspecified atom stereocenters. The van der Waals surface area contributed by atoms with Gasteiger partial charge < -0.3 is 14.5 Å². The maximum absolute atomic E-state index is 6.83. The molecule has 0 spiro atoms. The fourth-order valence-corrected chi connectivity index (χ4v) is 3.53. The smallest absolute Gasteiger partial charge is 0.0977 e. The van der Waals surface area contributed by atoms with Crippen LogP contribution in [0.2, 0.25) is 0 Å². The molecule has 0 saturated carbocycles. The van der Waals surface area contributed by atoms with Crippen molar-refractivity contribution in [2.45, 2.75) is 57.3 Å². The zero-order valence-electron chi connectivity index (χ0n) is 15.7. The Hall–Kier alpha value is -0.970. The largest absolute Gasteiger partial charge is 0.364 e. The molecule has 0 N–H and O–H groups in total. The lowest BCUT2D eigenvalue weighted by Crippen LogP contribution is -2.48. The Morgan fingerprint density at radius 3 is 2.52 bits per heavy atom. The molecule has 4 nitrogen and oxygen atoms in total. The van der Waals surface area contributed by atoms with Crippen LogP contribution in [0.1, 0.15) is 45.6 Å². The van der Waals surface area contributed by atoms with Crippen molar-refractivity contribution in [2.24, 2.45) is 0 Å². The van der Waals surface area contributed by atoms with Crippen molar-refractivity contribution < 1.29 is 4.74 Å². The van der Waals surface area contributed by atoms with Gasteiger partial charge in [0.25, 0.3) is 0 Å². The van der Waals surface area contributed by atoms with Gasteiger partial charge in [-0.25, -0.2) is 0 Å². The first kappa shape index (κ1) is 18.4. The summed E-state index contributed by atoms with van der Waals surface area (Å²) < 4.78 is 6.83. The highest BCUT2D eigenvalue weighted by Gasteiger charge is 2.41. The van der Waals surface area contributed by atoms with Crippen LogP contribution in [0.15, 0.2) is 24.5 Å². The van der Waals surface area contributed by atoms with Crippen molar-refractivity contribution in [2.75, 3.05) is 34.2 Å². The van der Waals surface area contributed by atoms with Crippen LogP contribution < -0.4 is 0 Å². The fraction of sp³-hybridized carbons (Fsp3) is 0.737. The van der Waals surface area contributed by atoms with E-state index in [4.69, 9.17) is 4.74 Å². The molecule has 2 rings (SSSR count). The Morgan fingerprint density at radius 1 is 1.35 bits per heavy atom. The molecule has 1 atom stereocenters. The molecule has 1 saturated heterocycles. The number of piperidine rings is 1. The lowest BCUT2D eigenvalue weighted by Gasteiger charge is -2.46. The maximum Gasteiger partial charge on any atom is 0.0977 e. The molecule has 1 aliphatic rings. The zero-order valence-corrected chi connectivity index (χ0v) is 15.7. The standard InChI is InChI=1S/C19H33N3O/c1-16(21(4)5)14-18(2,3)23-19(9-12-22(6)13-10-19)17-8-7-11-20-15-17/h7-8,11,15-16H,9-10,12-14H2,1-6H3. The van der Waals surface area contributed by atoms with E-state index in [2.05, 4.69) is 62.8 Å². The molecule has 1 aromatic heterocycles. The lowest BCUT2D eigenvalue weighted by molar-refractivity contribution is -0.174. The van der Waals surface area contributed by atoms with E-state index >= 15 is 0 Å². The molecule has 1 fully saturated rings. The number of aromatic nitrogens is 1. The van der Waals surface area contributed by atoms with Crippen LogP contribution in [0.3, 0.4) is 0 Å². The predicted octanol–water partition coefficient (Wildman–Crippen LogP) is 3.14. The molecular weight excluding hydrogens is 286 g/mol. The number of hydrogen-bond donors (Lipinski definition) is 0. The first-order valence-corrected chi connectivity index (χ1v) is 8.70. The van der Waals surface area contributed by atoms with Gasteiger partial charge in [0.2, 0.25) is 0 Å². The van der Waals surface area contributed by atoms with Crippen LogP contribution >= 0.6 is 0 Å². The molecule has 23 heavy (non-hydrogen) atoms. The minimum Gasteiger partial charge on any atom is -0.364 e. The first-order chi connectivity index (χ1) is 10.7. The Kier molecular flexibility index (Phi) is 5.82. The fourth-order valence-electron chi connectivity index (χ4n) is 3.53. The third-order valence-electron chi connectivity index (χ3n) is 5.12. The van der Waals surface area contributed by atoms with Gasteiger partial charge in [0, 0.05) is 37.1 Å². The molecular formula is C19H33N3O. The van der Waals surface area contributed by atoms with Crippen LogP contribution in [-0.2, 0) is 10.3 Å². The lowest BCUT2D eigenvalue weighted by atomic mass is 9.83. The van der Waals surface area contributed by atoms with Gasteiger partial charge in [0.1, 0.15) is 0 Å². The topological polar surface area (TPSA) is 28.6 Å². The Labute approximate surface area is 141 Å². The van der Waals surface area contributed by atoms with Crippen molar-refractivity contribution in [1.82, 2.24) is 14.8 Å². The van der Waals surface area contributed by atoms with Crippen LogP contribution in [0.25, 0.3) is 0 Å². The molecule has 0 amide bonds. The van der Waals surface area contributed by atoms with Gasteiger partial charge in [-0.2, -0.15) is 0 Å². The molecule has 4 heteroatoms. The van der Waals surface area contributed by atoms with E-state index in [9.17, 15) is 0 Å². The SMILES string of the molecule is CC(CC(C)(C)OC1(c2cccnc2)CCN(C)CC1)N(C)C. The Balaban J connectivity index is 2.21. The summed E-state index contributed by atoms with van der Waals surface area (Å²) in [4.78, 5) is 8.98. The molecule has 0 bridgehead atoms. The van der Waals surface area contributed by atoms with Gasteiger partial charge in [0.05, 0.1) is 11.2 Å². The Morgan fingerprint density at radius 2 is 2.00 bits per heavy atom. The summed E-state index contributed by atoms with van der Waals surface area (Å²) in [6.07, 6.45) is 6.88. The van der Waals surface area contributed by atoms with Crippen molar-refractivity contribution in [1.29, 1.82) is 0 Å². The first-order valence-electron chi connectivity index (χ1n) is 8.70. The van der Waals surface area contributed by atoms with Crippen LogP contribution in [0.4, 0.5) is 0 Å². The summed E-state index contributed by atoms with van der Waals surface area (Å²) in [6.45, 7) is 8.84. The quantitative estimate of drug-likeness (QED) is 0.805. The summed E-state index contributed by atoms with van der Waals surface area (Å²) >= 11 is 0. The minimum atomic E-state index is -0.212. The van der Waals surface area contributed by atoms with Crippen molar-refractivity contribution in [3.8, 4) is 0 Å². The highest BCUT2D eigenvalue weighted by atomic mass is 16.5. The van der Waals surface area contributed by atoms with E-state index in [0.29, 0.717) is 6.04 Å². The second-order valence-electron chi connectivity index (χ2n) is 7.92. The summed E-state index contributed by atoms with van der Waals surface area (Å²) in [5, 5.41) is 0. The molecule has 130 valence electrons. The number of ether oxygens (including phenoxy) is 1. The van der Waals surface area contributed by atoms with Gasteiger partial charge in [-0.05, 0) is 67.2 Å². The average Bonchev–Trinajstić information content (AvgIpc) is 2.50. The summed E-state index contributed by atoms with van der Waals surface area (Å²) in [7, 11) is 6.45. The van der Waals surface area contributed by atoms with E-state index in [1.54, 1.807) is 0 Å². The van der Waals surface area contributed by atoms with Crippen LogP contribution in [-0.4, -0.2) is 60.7 Å². The zero-order chi connectivity index (χ0) is 17.1. The van der Waals surface area contributed by atoms with E-state index < -0.39 is 0 Å². The van der Waals surface area contributed by atoms with Crippen LogP contribution in [0.5, 0.6) is 0 Å². The third kappa shape index (κ3) is 4.75. The van der Waals surface area contributed by atoms with Gasteiger partial charge in [-0.3, -0.25) is 4.98 Å². The number of pyridine rings is 1. The molecule has 0 radical (unpaired) electrons. The minimum absolute atomic E-state index is 0.171. The maximum atomic E-state index is 6.83. The summed E-state index contributed by atoms with van der Waals surface area (Å²) in [5.74, 6) is 0. The number of hydrogen-bond acceptors (Lipinski definition) is 4. The van der Waals surface area contributed by atoms with Crippen LogP contribution in [0, 0.1) is 0 Å². The normalized spacial score (nSPS) is 20.7. The summed E-state index contributed by atoms with van der Waals surface area (Å²) in [5.41, 5.74) is 0.838. The highest BCUT2D eigenvalue weighted by molar-refractivity contribution is 5.20. The van der Waals surface area contributed by atoms with Gasteiger partial charge in [-0.15, -0.1) is 0 Å². The molecule has 1 aliphatic heterocycles. The number of likely N-dealkylation sites (tertiary alicyclic amines) is 1. The summed E-state index contributed by atoms with van der Waals surface area (Å²) in [6, 6.07) is 4.68. The second kappa shape index (κ2) is 7.29. The van der Waals surface area contributed by atoms with Crippen molar-refractivity contribution in [3.05, 3.63) is 30.1 Å².